The summed E-state index contributed by atoms with van der Waals surface area (Å²) < 4.78 is 4.76. The molecule has 13 heavy (non-hydrogen) atoms. The smallest absolute Gasteiger partial charge is 0.246 e. The Bertz CT molecular complexity index is 135. The minimum Gasteiger partial charge on any atom is -0.382 e. The van der Waals surface area contributed by atoms with Gasteiger partial charge in [-0.3, -0.25) is 9.63 Å². The van der Waals surface area contributed by atoms with Crippen molar-refractivity contribution in [3.63, 3.8) is 0 Å². The molecule has 0 atom stereocenters. The lowest BCUT2D eigenvalue weighted by Crippen LogP contribution is -2.31. The van der Waals surface area contributed by atoms with E-state index in [-0.39, 0.29) is 11.8 Å². The van der Waals surface area contributed by atoms with Crippen LogP contribution in [0.4, 0.5) is 0 Å². The maximum Gasteiger partial charge on any atom is 0.246 e. The van der Waals surface area contributed by atoms with E-state index in [0.717, 1.165) is 12.8 Å². The molecule has 0 saturated heterocycles. The summed E-state index contributed by atoms with van der Waals surface area (Å²) >= 11 is 0. The fraction of sp³-hybridized carbons (Fsp3) is 0.889. The van der Waals surface area contributed by atoms with Gasteiger partial charge in [0.05, 0.1) is 13.2 Å². The summed E-state index contributed by atoms with van der Waals surface area (Å²) in [5, 5.41) is 0. The Morgan fingerprint density at radius 1 is 1.31 bits per heavy atom. The van der Waals surface area contributed by atoms with E-state index in [1.54, 1.807) is 7.11 Å². The quantitative estimate of drug-likeness (QED) is 0.482. The van der Waals surface area contributed by atoms with Gasteiger partial charge < -0.3 is 4.74 Å². The fourth-order valence-electron chi connectivity index (χ4n) is 0.990. The Morgan fingerprint density at radius 2 is 1.92 bits per heavy atom. The van der Waals surface area contributed by atoms with Gasteiger partial charge in [0, 0.05) is 13.0 Å². The van der Waals surface area contributed by atoms with Crippen molar-refractivity contribution in [2.45, 2.75) is 26.7 Å². The van der Waals surface area contributed by atoms with Crippen molar-refractivity contribution < 1.29 is 14.4 Å². The van der Waals surface area contributed by atoms with Crippen molar-refractivity contribution in [1.29, 1.82) is 0 Å². The van der Waals surface area contributed by atoms with Crippen LogP contribution in [-0.4, -0.2) is 26.2 Å². The van der Waals surface area contributed by atoms with Crippen molar-refractivity contribution >= 4 is 5.91 Å². The van der Waals surface area contributed by atoms with Gasteiger partial charge in [-0.15, -0.1) is 0 Å². The van der Waals surface area contributed by atoms with E-state index in [1.165, 1.54) is 0 Å². The maximum absolute atomic E-state index is 11.3. The van der Waals surface area contributed by atoms with Crippen LogP contribution in [0.2, 0.25) is 0 Å². The number of hydrogen-bond acceptors (Lipinski definition) is 3. The number of carbonyl (C=O) groups is 1. The molecule has 0 fully saturated rings. The van der Waals surface area contributed by atoms with Gasteiger partial charge >= 0.3 is 0 Å². The van der Waals surface area contributed by atoms with E-state index < -0.39 is 0 Å². The molecule has 4 heteroatoms. The van der Waals surface area contributed by atoms with Crippen LogP contribution in [0.1, 0.15) is 26.7 Å². The maximum atomic E-state index is 11.3. The van der Waals surface area contributed by atoms with Gasteiger partial charge in [-0.25, -0.2) is 5.48 Å². The largest absolute Gasteiger partial charge is 0.382 e. The molecule has 1 N–H and O–H groups in total. The van der Waals surface area contributed by atoms with Crippen molar-refractivity contribution in [2.24, 2.45) is 5.92 Å². The first-order valence-electron chi connectivity index (χ1n) is 4.66. The summed E-state index contributed by atoms with van der Waals surface area (Å²) in [5.74, 6) is 0.0173. The van der Waals surface area contributed by atoms with E-state index in [1.807, 2.05) is 13.8 Å². The van der Waals surface area contributed by atoms with Crippen LogP contribution in [0.15, 0.2) is 0 Å². The van der Waals surface area contributed by atoms with Gasteiger partial charge in [0.1, 0.15) is 0 Å². The highest BCUT2D eigenvalue weighted by Crippen LogP contribution is 2.06. The number of carbonyl (C=O) groups excluding carboxylic acids is 1. The van der Waals surface area contributed by atoms with Gasteiger partial charge in [-0.05, 0) is 12.8 Å². The molecule has 0 heterocycles. The van der Waals surface area contributed by atoms with E-state index in [0.29, 0.717) is 13.2 Å². The molecule has 0 radical (unpaired) electrons. The summed E-state index contributed by atoms with van der Waals surface area (Å²) in [6, 6.07) is 0. The molecule has 4 nitrogen and oxygen atoms in total. The van der Waals surface area contributed by atoms with Crippen LogP contribution in [-0.2, 0) is 14.4 Å². The Kier molecular flexibility index (Phi) is 7.63. The number of nitrogens with one attached hydrogen (secondary N) is 1. The second kappa shape index (κ2) is 8.01. The Labute approximate surface area is 79.6 Å². The van der Waals surface area contributed by atoms with Crippen LogP contribution >= 0.6 is 0 Å². The molecule has 0 aromatic rings. The van der Waals surface area contributed by atoms with Crippen molar-refractivity contribution in [1.82, 2.24) is 5.48 Å². The first-order valence-corrected chi connectivity index (χ1v) is 4.66. The average molecular weight is 189 g/mol. The lowest BCUT2D eigenvalue weighted by atomic mass is 10.0. The van der Waals surface area contributed by atoms with Crippen LogP contribution in [0.3, 0.4) is 0 Å². The third kappa shape index (κ3) is 5.60. The lowest BCUT2D eigenvalue weighted by molar-refractivity contribution is -0.139. The summed E-state index contributed by atoms with van der Waals surface area (Å²) in [7, 11) is 1.59. The van der Waals surface area contributed by atoms with E-state index in [2.05, 4.69) is 5.48 Å². The summed E-state index contributed by atoms with van der Waals surface area (Å²) in [4.78, 5) is 16.2. The molecule has 0 aliphatic carbocycles. The van der Waals surface area contributed by atoms with E-state index >= 15 is 0 Å². The molecule has 0 spiro atoms. The SMILES string of the molecule is CCC(CC)C(=O)NOCCOC. The molecule has 78 valence electrons. The Balaban J connectivity index is 3.48. The lowest BCUT2D eigenvalue weighted by Gasteiger charge is -2.11. The fourth-order valence-corrected chi connectivity index (χ4v) is 0.990. The molecule has 0 aromatic heterocycles. The molecule has 0 aliphatic heterocycles. The zero-order chi connectivity index (χ0) is 10.1. The van der Waals surface area contributed by atoms with Crippen molar-refractivity contribution in [2.75, 3.05) is 20.3 Å². The van der Waals surface area contributed by atoms with E-state index in [9.17, 15) is 4.79 Å². The molecule has 0 saturated carbocycles. The van der Waals surface area contributed by atoms with Crippen LogP contribution in [0, 0.1) is 5.92 Å². The standard InChI is InChI=1S/C9H19NO3/c1-4-8(5-2)9(11)10-13-7-6-12-3/h8H,4-7H2,1-3H3,(H,10,11). The van der Waals surface area contributed by atoms with Gasteiger partial charge in [-0.2, -0.15) is 0 Å². The zero-order valence-corrected chi connectivity index (χ0v) is 8.63. The van der Waals surface area contributed by atoms with Crippen LogP contribution < -0.4 is 5.48 Å². The highest BCUT2D eigenvalue weighted by atomic mass is 16.7. The average Bonchev–Trinajstić information content (AvgIpc) is 2.14. The number of hydroxylamine groups is 1. The molecule has 0 aromatic carbocycles. The second-order valence-corrected chi connectivity index (χ2v) is 2.82. The first kappa shape index (κ1) is 12.4. The minimum atomic E-state index is -0.0406. The highest BCUT2D eigenvalue weighted by molar-refractivity contribution is 5.77. The molecule has 1 amide bonds. The van der Waals surface area contributed by atoms with Crippen LogP contribution in [0.25, 0.3) is 0 Å². The third-order valence-corrected chi connectivity index (χ3v) is 1.92. The van der Waals surface area contributed by atoms with Crippen molar-refractivity contribution in [3.05, 3.63) is 0 Å². The number of rotatable bonds is 7. The summed E-state index contributed by atoms with van der Waals surface area (Å²) in [5.41, 5.74) is 2.40. The normalized spacial score (nSPS) is 10.5. The van der Waals surface area contributed by atoms with Gasteiger partial charge in [0.25, 0.3) is 0 Å². The topological polar surface area (TPSA) is 47.6 Å². The summed E-state index contributed by atoms with van der Waals surface area (Å²) in [6.07, 6.45) is 1.69. The van der Waals surface area contributed by atoms with Gasteiger partial charge in [0.15, 0.2) is 0 Å². The summed E-state index contributed by atoms with van der Waals surface area (Å²) in [6.45, 7) is 4.86. The predicted molar refractivity (Wildman–Crippen MR) is 50.0 cm³/mol. The molecule has 0 rings (SSSR count). The number of methoxy groups -OCH3 is 1. The van der Waals surface area contributed by atoms with E-state index in [4.69, 9.17) is 9.57 Å². The minimum absolute atomic E-state index is 0.0406. The number of amides is 1. The monoisotopic (exact) mass is 189 g/mol. The Hall–Kier alpha value is -0.610. The Morgan fingerprint density at radius 3 is 2.38 bits per heavy atom. The first-order chi connectivity index (χ1) is 6.26. The predicted octanol–water partition coefficient (Wildman–Crippen LogP) is 1.12. The zero-order valence-electron chi connectivity index (χ0n) is 8.63. The molecule has 0 unspecified atom stereocenters. The molecular formula is C9H19NO3. The third-order valence-electron chi connectivity index (χ3n) is 1.92. The second-order valence-electron chi connectivity index (χ2n) is 2.82. The van der Waals surface area contributed by atoms with Crippen LogP contribution in [0.5, 0.6) is 0 Å². The highest BCUT2D eigenvalue weighted by Gasteiger charge is 2.13. The molecule has 0 bridgehead atoms. The number of ether oxygens (including phenoxy) is 1. The molecule has 0 aliphatic rings. The number of hydrogen-bond donors (Lipinski definition) is 1. The molecular weight excluding hydrogens is 170 g/mol. The van der Waals surface area contributed by atoms with Gasteiger partial charge in [0.2, 0.25) is 5.91 Å². The van der Waals surface area contributed by atoms with Gasteiger partial charge in [-0.1, -0.05) is 13.8 Å². The van der Waals surface area contributed by atoms with Crippen molar-refractivity contribution in [3.8, 4) is 0 Å².